The van der Waals surface area contributed by atoms with Gasteiger partial charge in [0.25, 0.3) is 0 Å². The number of methoxy groups -OCH3 is 1. The second-order valence-corrected chi connectivity index (χ2v) is 5.40. The lowest BCUT2D eigenvalue weighted by Gasteiger charge is -2.14. The summed E-state index contributed by atoms with van der Waals surface area (Å²) in [5, 5.41) is 16.5. The number of hydrogen-bond acceptors (Lipinski definition) is 3. The normalized spacial score (nSPS) is 10.8. The summed E-state index contributed by atoms with van der Waals surface area (Å²) in [4.78, 5) is 4.23. The number of nitrogens with one attached hydrogen (secondary N) is 2. The summed E-state index contributed by atoms with van der Waals surface area (Å²) in [6, 6.07) is 13.5. The fourth-order valence-electron chi connectivity index (χ4n) is 2.48. The minimum absolute atomic E-state index is 0. The molecule has 6 heteroatoms. The number of hydrogen-bond donors (Lipinski definition) is 3. The monoisotopic (exact) mass is 455 g/mol. The van der Waals surface area contributed by atoms with Gasteiger partial charge in [-0.25, -0.2) is 0 Å². The number of phenolic OH excluding ortho intramolecular Hbond substituents is 1. The van der Waals surface area contributed by atoms with Gasteiger partial charge in [-0.05, 0) is 35.7 Å². The highest BCUT2D eigenvalue weighted by Crippen LogP contribution is 2.22. The van der Waals surface area contributed by atoms with Crippen molar-refractivity contribution in [1.29, 1.82) is 0 Å². The minimum Gasteiger partial charge on any atom is -0.508 e. The zero-order chi connectivity index (χ0) is 17.4. The van der Waals surface area contributed by atoms with Crippen molar-refractivity contribution in [2.75, 3.05) is 14.2 Å². The Labute approximate surface area is 166 Å². The first kappa shape index (κ1) is 21.1. The van der Waals surface area contributed by atoms with Crippen LogP contribution in [0.25, 0.3) is 0 Å². The van der Waals surface area contributed by atoms with E-state index in [2.05, 4.69) is 40.7 Å². The molecule has 0 aliphatic heterocycles. The molecular weight excluding hydrogens is 429 g/mol. The molecule has 2 aromatic carbocycles. The van der Waals surface area contributed by atoms with Crippen molar-refractivity contribution in [1.82, 2.24) is 10.6 Å². The number of aliphatic imine (C=N–C) groups is 1. The predicted molar refractivity (Wildman–Crippen MR) is 113 cm³/mol. The third-order valence-corrected chi connectivity index (χ3v) is 3.90. The van der Waals surface area contributed by atoms with Gasteiger partial charge in [-0.3, -0.25) is 4.99 Å². The predicted octanol–water partition coefficient (Wildman–Crippen LogP) is 3.45. The maximum Gasteiger partial charge on any atom is 0.191 e. The first-order chi connectivity index (χ1) is 11.7. The van der Waals surface area contributed by atoms with Gasteiger partial charge in [0.1, 0.15) is 11.5 Å². The fourth-order valence-corrected chi connectivity index (χ4v) is 2.48. The van der Waals surface area contributed by atoms with E-state index in [4.69, 9.17) is 4.74 Å². The first-order valence-electron chi connectivity index (χ1n) is 8.05. The number of nitrogens with zero attached hydrogens (tertiary/aromatic N) is 1. The van der Waals surface area contributed by atoms with Crippen LogP contribution in [0.2, 0.25) is 0 Å². The van der Waals surface area contributed by atoms with Gasteiger partial charge in [-0.1, -0.05) is 31.2 Å². The number of aryl methyl sites for hydroxylation is 1. The quantitative estimate of drug-likeness (QED) is 0.355. The van der Waals surface area contributed by atoms with Crippen LogP contribution in [0.15, 0.2) is 47.5 Å². The SMILES string of the molecule is CCc1ccccc1CNC(=NC)NCc1cc(OC)ccc1O.I. The minimum atomic E-state index is 0. The molecule has 2 rings (SSSR count). The van der Waals surface area contributed by atoms with E-state index in [0.29, 0.717) is 24.8 Å². The summed E-state index contributed by atoms with van der Waals surface area (Å²) in [5.74, 6) is 1.63. The Balaban J connectivity index is 0.00000312. The van der Waals surface area contributed by atoms with E-state index >= 15 is 0 Å². The molecule has 0 aliphatic carbocycles. The van der Waals surface area contributed by atoms with Crippen molar-refractivity contribution < 1.29 is 9.84 Å². The van der Waals surface area contributed by atoms with Gasteiger partial charge in [-0.15, -0.1) is 24.0 Å². The molecule has 0 unspecified atom stereocenters. The molecule has 136 valence electrons. The van der Waals surface area contributed by atoms with Crippen LogP contribution in [-0.2, 0) is 19.5 Å². The number of phenols is 1. The molecule has 0 heterocycles. The maximum atomic E-state index is 9.94. The van der Waals surface area contributed by atoms with Crippen molar-refractivity contribution in [3.63, 3.8) is 0 Å². The highest BCUT2D eigenvalue weighted by molar-refractivity contribution is 14.0. The Bertz CT molecular complexity index is 705. The van der Waals surface area contributed by atoms with E-state index in [9.17, 15) is 5.11 Å². The van der Waals surface area contributed by atoms with Crippen molar-refractivity contribution >= 4 is 29.9 Å². The average Bonchev–Trinajstić information content (AvgIpc) is 2.63. The number of halogens is 1. The summed E-state index contributed by atoms with van der Waals surface area (Å²) in [5.41, 5.74) is 3.34. The average molecular weight is 455 g/mol. The highest BCUT2D eigenvalue weighted by atomic mass is 127. The van der Waals surface area contributed by atoms with Gasteiger partial charge < -0.3 is 20.5 Å². The summed E-state index contributed by atoms with van der Waals surface area (Å²) < 4.78 is 5.19. The molecule has 0 aromatic heterocycles. The van der Waals surface area contributed by atoms with Crippen LogP contribution >= 0.6 is 24.0 Å². The summed E-state index contributed by atoms with van der Waals surface area (Å²) in [6.07, 6.45) is 1.00. The zero-order valence-electron chi connectivity index (χ0n) is 14.9. The Morgan fingerprint density at radius 3 is 2.28 bits per heavy atom. The molecule has 3 N–H and O–H groups in total. The van der Waals surface area contributed by atoms with E-state index in [1.807, 2.05) is 12.1 Å². The molecule has 0 spiro atoms. The summed E-state index contributed by atoms with van der Waals surface area (Å²) >= 11 is 0. The van der Waals surface area contributed by atoms with Crippen molar-refractivity contribution in [2.45, 2.75) is 26.4 Å². The van der Waals surface area contributed by atoms with Crippen molar-refractivity contribution in [2.24, 2.45) is 4.99 Å². The van der Waals surface area contributed by atoms with Crippen LogP contribution < -0.4 is 15.4 Å². The van der Waals surface area contributed by atoms with E-state index in [0.717, 1.165) is 12.0 Å². The van der Waals surface area contributed by atoms with E-state index in [1.165, 1.54) is 11.1 Å². The Morgan fingerprint density at radius 2 is 1.68 bits per heavy atom. The van der Waals surface area contributed by atoms with E-state index < -0.39 is 0 Å². The van der Waals surface area contributed by atoms with Crippen molar-refractivity contribution in [3.05, 3.63) is 59.2 Å². The van der Waals surface area contributed by atoms with Gasteiger partial charge >= 0.3 is 0 Å². The second kappa shape index (κ2) is 10.8. The third-order valence-electron chi connectivity index (χ3n) is 3.90. The van der Waals surface area contributed by atoms with Gasteiger partial charge in [0, 0.05) is 25.7 Å². The Kier molecular flexibility index (Phi) is 9.12. The molecule has 5 nitrogen and oxygen atoms in total. The summed E-state index contributed by atoms with van der Waals surface area (Å²) in [7, 11) is 3.34. The topological polar surface area (TPSA) is 65.9 Å². The maximum absolute atomic E-state index is 9.94. The smallest absolute Gasteiger partial charge is 0.191 e. The lowest BCUT2D eigenvalue weighted by Crippen LogP contribution is -2.36. The molecule has 0 saturated heterocycles. The van der Waals surface area contributed by atoms with Crippen LogP contribution in [-0.4, -0.2) is 25.2 Å². The molecule has 2 aromatic rings. The van der Waals surface area contributed by atoms with Crippen LogP contribution in [0.5, 0.6) is 11.5 Å². The molecule has 0 saturated carbocycles. The first-order valence-corrected chi connectivity index (χ1v) is 8.05. The molecule has 0 amide bonds. The number of guanidine groups is 1. The number of aromatic hydroxyl groups is 1. The summed E-state index contributed by atoms with van der Waals surface area (Å²) in [6.45, 7) is 3.31. The molecule has 25 heavy (non-hydrogen) atoms. The molecule has 0 radical (unpaired) electrons. The van der Waals surface area contributed by atoms with Crippen molar-refractivity contribution in [3.8, 4) is 11.5 Å². The van der Waals surface area contributed by atoms with Crippen LogP contribution in [0.3, 0.4) is 0 Å². The second-order valence-electron chi connectivity index (χ2n) is 5.40. The molecule has 0 atom stereocenters. The fraction of sp³-hybridized carbons (Fsp3) is 0.316. The van der Waals surface area contributed by atoms with Gasteiger partial charge in [-0.2, -0.15) is 0 Å². The molecule has 0 fully saturated rings. The Morgan fingerprint density at radius 1 is 1.04 bits per heavy atom. The lowest BCUT2D eigenvalue weighted by molar-refractivity contribution is 0.410. The molecule has 0 aliphatic rings. The van der Waals surface area contributed by atoms with Gasteiger partial charge in [0.2, 0.25) is 0 Å². The molecule has 0 bridgehead atoms. The standard InChI is InChI=1S/C19H25N3O2.HI/c1-4-14-7-5-6-8-15(14)12-21-19(20-2)22-13-16-11-17(24-3)9-10-18(16)23;/h5-11,23H,4,12-13H2,1-3H3,(H2,20,21,22);1H. The number of rotatable bonds is 6. The van der Waals surface area contributed by atoms with Crippen LogP contribution in [0, 0.1) is 0 Å². The highest BCUT2D eigenvalue weighted by Gasteiger charge is 2.06. The van der Waals surface area contributed by atoms with Crippen LogP contribution in [0.4, 0.5) is 0 Å². The number of ether oxygens (including phenoxy) is 1. The largest absolute Gasteiger partial charge is 0.508 e. The Hall–Kier alpha value is -1.96. The zero-order valence-corrected chi connectivity index (χ0v) is 17.2. The van der Waals surface area contributed by atoms with Gasteiger partial charge in [0.15, 0.2) is 5.96 Å². The number of benzene rings is 2. The van der Waals surface area contributed by atoms with E-state index in [1.54, 1.807) is 26.3 Å². The molecular formula is C19H26IN3O2. The lowest BCUT2D eigenvalue weighted by atomic mass is 10.1. The third kappa shape index (κ3) is 6.12. The van der Waals surface area contributed by atoms with Gasteiger partial charge in [0.05, 0.1) is 7.11 Å². The van der Waals surface area contributed by atoms with Crippen LogP contribution in [0.1, 0.15) is 23.6 Å². The van der Waals surface area contributed by atoms with E-state index in [-0.39, 0.29) is 29.7 Å².